The Kier molecular flexibility index (Phi) is 5.29. The van der Waals surface area contributed by atoms with E-state index in [2.05, 4.69) is 9.97 Å². The summed E-state index contributed by atoms with van der Waals surface area (Å²) in [7, 11) is 0. The van der Waals surface area contributed by atoms with Crippen molar-refractivity contribution in [3.8, 4) is 17.0 Å². The van der Waals surface area contributed by atoms with Crippen LogP contribution in [0.25, 0.3) is 11.1 Å². The minimum absolute atomic E-state index is 0.0156. The molecule has 174 valence electrons. The highest BCUT2D eigenvalue weighted by Gasteiger charge is 2.46. The van der Waals surface area contributed by atoms with Gasteiger partial charge in [0.1, 0.15) is 5.82 Å². The SMILES string of the molecule is Nc1nc(N)c2c(n1)O[C@@]1(COCCN(C(=O)c3ccccc3-c3ccccc3C(=O)O)C1)C2. The molecule has 10 nitrogen and oxygen atoms in total. The predicted octanol–water partition coefficient (Wildman–Crippen LogP) is 1.85. The summed E-state index contributed by atoms with van der Waals surface area (Å²) in [4.78, 5) is 35.4. The minimum Gasteiger partial charge on any atom is -0.478 e. The van der Waals surface area contributed by atoms with E-state index in [4.69, 9.17) is 20.9 Å². The zero-order valence-corrected chi connectivity index (χ0v) is 18.2. The number of benzene rings is 2. The third-order valence-corrected chi connectivity index (χ3v) is 6.07. The highest BCUT2D eigenvalue weighted by atomic mass is 16.6. The molecule has 2 aromatic carbocycles. The van der Waals surface area contributed by atoms with Gasteiger partial charge in [0, 0.05) is 18.5 Å². The number of carboxylic acid groups (broad SMARTS) is 1. The first kappa shape index (κ1) is 21.7. The van der Waals surface area contributed by atoms with Crippen molar-refractivity contribution in [3.63, 3.8) is 0 Å². The number of hydrogen-bond donors (Lipinski definition) is 3. The largest absolute Gasteiger partial charge is 0.478 e. The molecule has 0 radical (unpaired) electrons. The molecule has 0 unspecified atom stereocenters. The second-order valence-electron chi connectivity index (χ2n) is 8.39. The minimum atomic E-state index is -1.06. The number of anilines is 2. The van der Waals surface area contributed by atoms with Gasteiger partial charge in [-0.3, -0.25) is 4.79 Å². The second-order valence-corrected chi connectivity index (χ2v) is 8.39. The number of aromatic nitrogens is 2. The molecule has 1 fully saturated rings. The molecular formula is C24H23N5O5. The normalized spacial score (nSPS) is 19.4. The summed E-state index contributed by atoms with van der Waals surface area (Å²) in [6.07, 6.45) is 0.377. The van der Waals surface area contributed by atoms with Crippen LogP contribution in [0.5, 0.6) is 5.88 Å². The van der Waals surface area contributed by atoms with Crippen molar-refractivity contribution in [1.82, 2.24) is 14.9 Å². The number of carbonyl (C=O) groups excluding carboxylic acids is 1. The first-order valence-electron chi connectivity index (χ1n) is 10.8. The van der Waals surface area contributed by atoms with Crippen LogP contribution < -0.4 is 16.2 Å². The molecule has 0 bridgehead atoms. The van der Waals surface area contributed by atoms with Gasteiger partial charge < -0.3 is 30.9 Å². The topological polar surface area (TPSA) is 154 Å². The van der Waals surface area contributed by atoms with Gasteiger partial charge >= 0.3 is 5.97 Å². The van der Waals surface area contributed by atoms with Gasteiger partial charge in [-0.2, -0.15) is 9.97 Å². The van der Waals surface area contributed by atoms with Crippen molar-refractivity contribution in [2.45, 2.75) is 12.0 Å². The van der Waals surface area contributed by atoms with Gasteiger partial charge in [-0.1, -0.05) is 36.4 Å². The van der Waals surface area contributed by atoms with E-state index in [0.717, 1.165) is 0 Å². The Bertz CT molecular complexity index is 1300. The van der Waals surface area contributed by atoms with Gasteiger partial charge in [-0.25, -0.2) is 4.79 Å². The van der Waals surface area contributed by atoms with Crippen LogP contribution in [0.3, 0.4) is 0 Å². The summed E-state index contributed by atoms with van der Waals surface area (Å²) in [5.74, 6) is -0.744. The third kappa shape index (κ3) is 3.77. The van der Waals surface area contributed by atoms with E-state index in [-0.39, 0.29) is 36.4 Å². The summed E-state index contributed by atoms with van der Waals surface area (Å²) >= 11 is 0. The number of rotatable bonds is 3. The van der Waals surface area contributed by atoms with E-state index in [1.807, 2.05) is 0 Å². The molecule has 2 aliphatic rings. The fraction of sp³-hybridized carbons (Fsp3) is 0.250. The Morgan fingerprint density at radius 1 is 1.00 bits per heavy atom. The first-order valence-corrected chi connectivity index (χ1v) is 10.8. The Morgan fingerprint density at radius 3 is 2.41 bits per heavy atom. The Hall–Kier alpha value is -4.18. The molecule has 0 aliphatic carbocycles. The lowest BCUT2D eigenvalue weighted by molar-refractivity contribution is -0.00146. The van der Waals surface area contributed by atoms with Gasteiger partial charge in [0.05, 0.1) is 30.9 Å². The van der Waals surface area contributed by atoms with E-state index < -0.39 is 11.6 Å². The van der Waals surface area contributed by atoms with Gasteiger partial charge in [0.2, 0.25) is 11.8 Å². The van der Waals surface area contributed by atoms with E-state index >= 15 is 0 Å². The Labute approximate surface area is 195 Å². The summed E-state index contributed by atoms with van der Waals surface area (Å²) in [5.41, 5.74) is 13.1. The number of carboxylic acids is 1. The van der Waals surface area contributed by atoms with Crippen LogP contribution >= 0.6 is 0 Å². The second kappa shape index (κ2) is 8.31. The molecule has 1 saturated heterocycles. The highest BCUT2D eigenvalue weighted by Crippen LogP contribution is 2.38. The van der Waals surface area contributed by atoms with Crippen LogP contribution in [0.1, 0.15) is 26.3 Å². The number of hydrogen-bond acceptors (Lipinski definition) is 8. The lowest BCUT2D eigenvalue weighted by Gasteiger charge is -2.31. The van der Waals surface area contributed by atoms with E-state index in [1.54, 1.807) is 47.4 Å². The van der Waals surface area contributed by atoms with Crippen molar-refractivity contribution in [2.24, 2.45) is 0 Å². The number of nitrogen functional groups attached to an aromatic ring is 2. The lowest BCUT2D eigenvalue weighted by Crippen LogP contribution is -2.50. The average molecular weight is 461 g/mol. The number of nitrogens with two attached hydrogens (primary N) is 2. The summed E-state index contributed by atoms with van der Waals surface area (Å²) in [5, 5.41) is 9.65. The number of ether oxygens (including phenoxy) is 2. The molecule has 1 spiro atoms. The van der Waals surface area contributed by atoms with Crippen LogP contribution in [0, 0.1) is 0 Å². The van der Waals surface area contributed by atoms with Crippen LogP contribution in [0.4, 0.5) is 11.8 Å². The predicted molar refractivity (Wildman–Crippen MR) is 123 cm³/mol. The molecule has 5 rings (SSSR count). The van der Waals surface area contributed by atoms with E-state index in [1.165, 1.54) is 6.07 Å². The maximum atomic E-state index is 13.8. The standard InChI is InChI=1S/C24H23N5O5/c25-19-18-11-24(34-20(18)28-23(26)27-19)12-29(9-10-33-13-24)21(30)16-7-3-1-5-14(16)15-6-2-4-8-17(15)22(31)32/h1-8H,9-13H2,(H,31,32)(H4,25,26,27,28)/t24-/m0/s1. The summed E-state index contributed by atoms with van der Waals surface area (Å²) < 4.78 is 11.9. The molecule has 0 saturated carbocycles. The maximum absolute atomic E-state index is 13.8. The molecule has 1 aromatic heterocycles. The number of carbonyl (C=O) groups is 2. The summed E-state index contributed by atoms with van der Waals surface area (Å²) in [6.45, 7) is 1.15. The molecule has 1 atom stereocenters. The lowest BCUT2D eigenvalue weighted by atomic mass is 9.94. The van der Waals surface area contributed by atoms with E-state index in [9.17, 15) is 14.7 Å². The summed E-state index contributed by atoms with van der Waals surface area (Å²) in [6, 6.07) is 13.6. The number of aromatic carboxylic acids is 1. The third-order valence-electron chi connectivity index (χ3n) is 6.07. The Balaban J connectivity index is 1.49. The zero-order valence-electron chi connectivity index (χ0n) is 18.2. The van der Waals surface area contributed by atoms with Crippen molar-refractivity contribution < 1.29 is 24.2 Å². The molecule has 10 heteroatoms. The molecule has 34 heavy (non-hydrogen) atoms. The van der Waals surface area contributed by atoms with Crippen LogP contribution in [-0.2, 0) is 11.2 Å². The molecular weight excluding hydrogens is 438 g/mol. The first-order chi connectivity index (χ1) is 16.4. The molecule has 5 N–H and O–H groups in total. The number of fused-ring (bicyclic) bond motifs is 1. The number of amides is 1. The Morgan fingerprint density at radius 2 is 1.68 bits per heavy atom. The van der Waals surface area contributed by atoms with Crippen LogP contribution in [-0.4, -0.2) is 63.8 Å². The zero-order chi connectivity index (χ0) is 23.9. The molecule has 3 aromatic rings. The molecule has 2 aliphatic heterocycles. The van der Waals surface area contributed by atoms with Crippen LogP contribution in [0.15, 0.2) is 48.5 Å². The van der Waals surface area contributed by atoms with E-state index in [0.29, 0.717) is 47.7 Å². The number of nitrogens with zero attached hydrogens (tertiary/aromatic N) is 3. The van der Waals surface area contributed by atoms with Crippen molar-refractivity contribution in [2.75, 3.05) is 37.8 Å². The fourth-order valence-corrected chi connectivity index (χ4v) is 4.54. The quantitative estimate of drug-likeness (QED) is 0.530. The van der Waals surface area contributed by atoms with Crippen LogP contribution in [0.2, 0.25) is 0 Å². The van der Waals surface area contributed by atoms with Gasteiger partial charge in [-0.05, 0) is 23.3 Å². The van der Waals surface area contributed by atoms with Gasteiger partial charge in [0.25, 0.3) is 5.91 Å². The maximum Gasteiger partial charge on any atom is 0.336 e. The monoisotopic (exact) mass is 461 g/mol. The van der Waals surface area contributed by atoms with Crippen molar-refractivity contribution in [1.29, 1.82) is 0 Å². The van der Waals surface area contributed by atoms with Crippen molar-refractivity contribution in [3.05, 3.63) is 65.2 Å². The fourth-order valence-electron chi connectivity index (χ4n) is 4.54. The molecule has 3 heterocycles. The van der Waals surface area contributed by atoms with Crippen molar-refractivity contribution >= 4 is 23.6 Å². The molecule has 1 amide bonds. The van der Waals surface area contributed by atoms with Gasteiger partial charge in [-0.15, -0.1) is 0 Å². The average Bonchev–Trinajstić information content (AvgIpc) is 3.05. The van der Waals surface area contributed by atoms with Gasteiger partial charge in [0.15, 0.2) is 5.60 Å². The smallest absolute Gasteiger partial charge is 0.336 e. The highest BCUT2D eigenvalue weighted by molar-refractivity contribution is 6.04.